The van der Waals surface area contributed by atoms with Gasteiger partial charge in [-0.3, -0.25) is 0 Å². The van der Waals surface area contributed by atoms with E-state index in [2.05, 4.69) is 30.1 Å². The van der Waals surface area contributed by atoms with Crippen LogP contribution in [-0.4, -0.2) is 21.3 Å². The number of rotatable bonds is 6. The van der Waals surface area contributed by atoms with Crippen molar-refractivity contribution in [3.8, 4) is 11.5 Å². The van der Waals surface area contributed by atoms with Crippen molar-refractivity contribution in [2.75, 3.05) is 26.2 Å². The third kappa shape index (κ3) is 3.67. The van der Waals surface area contributed by atoms with Gasteiger partial charge >= 0.3 is 0 Å². The van der Waals surface area contributed by atoms with Gasteiger partial charge in [0.1, 0.15) is 11.5 Å². The van der Waals surface area contributed by atoms with E-state index in [0.717, 1.165) is 29.3 Å². The Morgan fingerprint density at radius 1 is 1.05 bits per heavy atom. The number of hydrogen-bond acceptors (Lipinski definition) is 4. The smallest absolute Gasteiger partial charge is 0.123 e. The fraction of sp³-hybridized carbons (Fsp3) is 0.294. The monoisotopic (exact) mass is 286 g/mol. The molecule has 2 aromatic rings. The Labute approximate surface area is 126 Å². The van der Waals surface area contributed by atoms with Gasteiger partial charge in [-0.05, 0) is 29.8 Å². The molecule has 0 aliphatic heterocycles. The van der Waals surface area contributed by atoms with Crippen molar-refractivity contribution in [1.82, 2.24) is 0 Å². The molecule has 0 saturated carbocycles. The van der Waals surface area contributed by atoms with Gasteiger partial charge in [-0.25, -0.2) is 0 Å². The largest absolute Gasteiger partial charge is 0.497 e. The fourth-order valence-electron chi connectivity index (χ4n) is 2.30. The number of nitrogens with zero attached hydrogens (tertiary/aromatic N) is 1. The molecule has 112 valence electrons. The molecule has 0 saturated heterocycles. The van der Waals surface area contributed by atoms with Gasteiger partial charge in [0.05, 0.1) is 14.2 Å². The molecule has 0 heterocycles. The Morgan fingerprint density at radius 3 is 2.52 bits per heavy atom. The van der Waals surface area contributed by atoms with E-state index in [1.807, 2.05) is 24.3 Å². The third-order valence-electron chi connectivity index (χ3n) is 3.48. The summed E-state index contributed by atoms with van der Waals surface area (Å²) in [5.41, 5.74) is 9.09. The molecule has 2 aromatic carbocycles. The molecule has 4 heteroatoms. The molecule has 0 atom stereocenters. The topological polar surface area (TPSA) is 47.7 Å². The predicted molar refractivity (Wildman–Crippen MR) is 86.0 cm³/mol. The summed E-state index contributed by atoms with van der Waals surface area (Å²) in [6, 6.07) is 14.1. The molecule has 0 aliphatic rings. The summed E-state index contributed by atoms with van der Waals surface area (Å²) in [5, 5.41) is 0. The number of methoxy groups -OCH3 is 2. The summed E-state index contributed by atoms with van der Waals surface area (Å²) < 4.78 is 10.6. The molecular weight excluding hydrogens is 264 g/mol. The van der Waals surface area contributed by atoms with Crippen molar-refractivity contribution >= 4 is 5.69 Å². The summed E-state index contributed by atoms with van der Waals surface area (Å²) >= 11 is 0. The molecular formula is C17H22N2O2. The normalized spacial score (nSPS) is 10.3. The summed E-state index contributed by atoms with van der Waals surface area (Å²) in [4.78, 5) is 2.17. The molecule has 21 heavy (non-hydrogen) atoms. The summed E-state index contributed by atoms with van der Waals surface area (Å²) in [7, 11) is 5.40. The number of anilines is 1. The van der Waals surface area contributed by atoms with Gasteiger partial charge in [-0.15, -0.1) is 0 Å². The first-order valence-electron chi connectivity index (χ1n) is 6.89. The maximum Gasteiger partial charge on any atom is 0.123 e. The Balaban J connectivity index is 2.16. The van der Waals surface area contributed by atoms with Crippen LogP contribution in [0.2, 0.25) is 0 Å². The van der Waals surface area contributed by atoms with Gasteiger partial charge < -0.3 is 20.1 Å². The maximum absolute atomic E-state index is 5.76. The maximum atomic E-state index is 5.76. The van der Waals surface area contributed by atoms with Crippen LogP contribution < -0.4 is 20.1 Å². The molecule has 0 fully saturated rings. The fourth-order valence-corrected chi connectivity index (χ4v) is 2.30. The molecule has 2 N–H and O–H groups in total. The van der Waals surface area contributed by atoms with Crippen molar-refractivity contribution in [1.29, 1.82) is 0 Å². The molecule has 2 rings (SSSR count). The van der Waals surface area contributed by atoms with E-state index in [-0.39, 0.29) is 0 Å². The molecule has 0 bridgehead atoms. The number of hydrogen-bond donors (Lipinski definition) is 1. The van der Waals surface area contributed by atoms with Crippen molar-refractivity contribution in [3.05, 3.63) is 53.6 Å². The van der Waals surface area contributed by atoms with E-state index in [9.17, 15) is 0 Å². The highest BCUT2D eigenvalue weighted by atomic mass is 16.5. The Hall–Kier alpha value is -2.20. The van der Waals surface area contributed by atoms with Crippen LogP contribution in [0.25, 0.3) is 0 Å². The lowest BCUT2D eigenvalue weighted by Gasteiger charge is -2.20. The van der Waals surface area contributed by atoms with Crippen molar-refractivity contribution in [3.63, 3.8) is 0 Å². The lowest BCUT2D eigenvalue weighted by Crippen LogP contribution is -2.16. The zero-order valence-electron chi connectivity index (χ0n) is 12.8. The minimum absolute atomic E-state index is 0.472. The van der Waals surface area contributed by atoms with Gasteiger partial charge in [0, 0.05) is 37.5 Å². The number of benzene rings is 2. The van der Waals surface area contributed by atoms with Crippen molar-refractivity contribution in [2.45, 2.75) is 13.1 Å². The van der Waals surface area contributed by atoms with Crippen LogP contribution in [0.4, 0.5) is 5.69 Å². The zero-order valence-corrected chi connectivity index (χ0v) is 12.8. The first kappa shape index (κ1) is 15.2. The van der Waals surface area contributed by atoms with Crippen LogP contribution in [0.5, 0.6) is 11.5 Å². The molecule has 4 nitrogen and oxygen atoms in total. The average molecular weight is 286 g/mol. The van der Waals surface area contributed by atoms with E-state index in [4.69, 9.17) is 15.2 Å². The highest BCUT2D eigenvalue weighted by Gasteiger charge is 2.07. The zero-order chi connectivity index (χ0) is 15.2. The second-order valence-corrected chi connectivity index (χ2v) is 4.91. The Morgan fingerprint density at radius 2 is 1.86 bits per heavy atom. The third-order valence-corrected chi connectivity index (χ3v) is 3.48. The van der Waals surface area contributed by atoms with Gasteiger partial charge in [0.2, 0.25) is 0 Å². The second kappa shape index (κ2) is 6.99. The molecule has 0 aliphatic carbocycles. The van der Waals surface area contributed by atoms with Crippen LogP contribution in [0, 0.1) is 0 Å². The highest BCUT2D eigenvalue weighted by molar-refractivity contribution is 5.51. The minimum Gasteiger partial charge on any atom is -0.497 e. The van der Waals surface area contributed by atoms with E-state index in [0.29, 0.717) is 6.54 Å². The molecule has 0 amide bonds. The lowest BCUT2D eigenvalue weighted by molar-refractivity contribution is 0.409. The minimum atomic E-state index is 0.472. The van der Waals surface area contributed by atoms with Gasteiger partial charge in [0.15, 0.2) is 0 Å². The van der Waals surface area contributed by atoms with E-state index in [1.54, 1.807) is 14.2 Å². The van der Waals surface area contributed by atoms with Gasteiger partial charge in [-0.1, -0.05) is 12.1 Å². The van der Waals surface area contributed by atoms with E-state index >= 15 is 0 Å². The van der Waals surface area contributed by atoms with Crippen LogP contribution in [0.1, 0.15) is 11.1 Å². The predicted octanol–water partition coefficient (Wildman–Crippen LogP) is 2.80. The van der Waals surface area contributed by atoms with Crippen LogP contribution in [0.3, 0.4) is 0 Å². The standard InChI is InChI=1S/C17H22N2O2/c1-19(15-5-4-6-16(10-15)20-2)12-13-7-8-17(21-3)14(9-13)11-18/h4-10H,11-12,18H2,1-3H3. The first-order valence-corrected chi connectivity index (χ1v) is 6.89. The Kier molecular flexibility index (Phi) is 5.06. The average Bonchev–Trinajstić information content (AvgIpc) is 2.54. The molecule has 0 spiro atoms. The van der Waals surface area contributed by atoms with Gasteiger partial charge in [0.25, 0.3) is 0 Å². The van der Waals surface area contributed by atoms with Crippen LogP contribution >= 0.6 is 0 Å². The Bertz CT molecular complexity index is 599. The van der Waals surface area contributed by atoms with Crippen LogP contribution in [-0.2, 0) is 13.1 Å². The van der Waals surface area contributed by atoms with E-state index in [1.165, 1.54) is 5.56 Å². The summed E-state index contributed by atoms with van der Waals surface area (Å²) in [5.74, 6) is 1.70. The SMILES string of the molecule is COc1cccc(N(C)Cc2ccc(OC)c(CN)c2)c1. The van der Waals surface area contributed by atoms with E-state index < -0.39 is 0 Å². The van der Waals surface area contributed by atoms with Gasteiger partial charge in [-0.2, -0.15) is 0 Å². The van der Waals surface area contributed by atoms with Crippen LogP contribution in [0.15, 0.2) is 42.5 Å². The van der Waals surface area contributed by atoms with Crippen molar-refractivity contribution in [2.24, 2.45) is 5.73 Å². The number of nitrogens with two attached hydrogens (primary N) is 1. The van der Waals surface area contributed by atoms with Crippen molar-refractivity contribution < 1.29 is 9.47 Å². The molecule has 0 unspecified atom stereocenters. The first-order chi connectivity index (χ1) is 10.2. The second-order valence-electron chi connectivity index (χ2n) is 4.91. The molecule has 0 radical (unpaired) electrons. The highest BCUT2D eigenvalue weighted by Crippen LogP contribution is 2.24. The lowest BCUT2D eigenvalue weighted by atomic mass is 10.1. The number of ether oxygens (including phenoxy) is 2. The summed E-state index contributed by atoms with van der Waals surface area (Å²) in [6.07, 6.45) is 0. The molecule has 0 aromatic heterocycles. The summed E-state index contributed by atoms with van der Waals surface area (Å²) in [6.45, 7) is 1.27. The quantitative estimate of drug-likeness (QED) is 0.887.